The molecule has 0 aliphatic heterocycles. The van der Waals surface area contributed by atoms with Gasteiger partial charge in [-0.05, 0) is 44.5 Å². The van der Waals surface area contributed by atoms with E-state index in [0.29, 0.717) is 16.5 Å². The summed E-state index contributed by atoms with van der Waals surface area (Å²) in [5.41, 5.74) is 3.44. The first-order valence-electron chi connectivity index (χ1n) is 9.60. The maximum atomic E-state index is 12.6. The van der Waals surface area contributed by atoms with Crippen LogP contribution in [0.3, 0.4) is 0 Å². The Bertz CT molecular complexity index is 1050. The second-order valence-corrected chi connectivity index (χ2v) is 8.06. The van der Waals surface area contributed by atoms with Crippen molar-refractivity contribution < 1.29 is 9.59 Å². The molecule has 0 spiro atoms. The Labute approximate surface area is 180 Å². The largest absolute Gasteiger partial charge is 0.342 e. The molecule has 7 nitrogen and oxygen atoms in total. The van der Waals surface area contributed by atoms with Crippen molar-refractivity contribution in [2.24, 2.45) is 7.05 Å². The van der Waals surface area contributed by atoms with Crippen molar-refractivity contribution in [2.75, 3.05) is 11.1 Å². The highest BCUT2D eigenvalue weighted by atomic mass is 32.2. The summed E-state index contributed by atoms with van der Waals surface area (Å²) in [6, 6.07) is 14.7. The van der Waals surface area contributed by atoms with Crippen LogP contribution in [0.15, 0.2) is 53.7 Å². The number of hydrogen-bond acceptors (Lipinski definition) is 5. The molecule has 0 saturated heterocycles. The van der Waals surface area contributed by atoms with Gasteiger partial charge in [0.25, 0.3) is 5.91 Å². The molecule has 30 heavy (non-hydrogen) atoms. The van der Waals surface area contributed by atoms with Gasteiger partial charge in [0.1, 0.15) is 0 Å². The summed E-state index contributed by atoms with van der Waals surface area (Å²) >= 11 is 1.30. The number of benzene rings is 2. The summed E-state index contributed by atoms with van der Waals surface area (Å²) in [4.78, 5) is 24.8. The third kappa shape index (κ3) is 5.27. The van der Waals surface area contributed by atoms with Gasteiger partial charge in [0.05, 0.1) is 11.8 Å². The Morgan fingerprint density at radius 3 is 2.47 bits per heavy atom. The molecule has 0 aliphatic carbocycles. The van der Waals surface area contributed by atoms with E-state index in [1.165, 1.54) is 11.8 Å². The maximum absolute atomic E-state index is 12.6. The predicted octanol–water partition coefficient (Wildman–Crippen LogP) is 3.65. The zero-order chi connectivity index (χ0) is 21.7. The molecule has 0 bridgehead atoms. The number of aryl methyl sites for hydroxylation is 2. The van der Waals surface area contributed by atoms with Crippen LogP contribution in [0.1, 0.15) is 40.3 Å². The highest BCUT2D eigenvalue weighted by molar-refractivity contribution is 7.99. The van der Waals surface area contributed by atoms with Gasteiger partial charge in [-0.3, -0.25) is 9.59 Å². The van der Waals surface area contributed by atoms with Gasteiger partial charge in [-0.25, -0.2) is 0 Å². The van der Waals surface area contributed by atoms with Gasteiger partial charge < -0.3 is 15.2 Å². The van der Waals surface area contributed by atoms with Crippen molar-refractivity contribution in [2.45, 2.75) is 32.0 Å². The highest BCUT2D eigenvalue weighted by Crippen LogP contribution is 2.20. The van der Waals surface area contributed by atoms with Gasteiger partial charge >= 0.3 is 0 Å². The first kappa shape index (κ1) is 21.6. The van der Waals surface area contributed by atoms with E-state index in [9.17, 15) is 9.59 Å². The molecule has 2 N–H and O–H groups in total. The molecule has 0 unspecified atom stereocenters. The average molecular weight is 424 g/mol. The summed E-state index contributed by atoms with van der Waals surface area (Å²) in [7, 11) is 1.83. The van der Waals surface area contributed by atoms with Crippen LogP contribution in [0, 0.1) is 13.8 Å². The normalized spacial score (nSPS) is 11.7. The lowest BCUT2D eigenvalue weighted by molar-refractivity contribution is -0.113. The van der Waals surface area contributed by atoms with Crippen LogP contribution in [-0.2, 0) is 11.8 Å². The van der Waals surface area contributed by atoms with Crippen LogP contribution in [0.4, 0.5) is 5.69 Å². The summed E-state index contributed by atoms with van der Waals surface area (Å²) < 4.78 is 1.80. The van der Waals surface area contributed by atoms with E-state index < -0.39 is 0 Å². The summed E-state index contributed by atoms with van der Waals surface area (Å²) in [6.07, 6.45) is 0. The number of nitrogens with zero attached hydrogens (tertiary/aromatic N) is 3. The Morgan fingerprint density at radius 2 is 1.77 bits per heavy atom. The minimum Gasteiger partial charge on any atom is -0.342 e. The molecule has 2 amide bonds. The van der Waals surface area contributed by atoms with E-state index in [1.807, 2.05) is 70.3 Å². The van der Waals surface area contributed by atoms with Crippen molar-refractivity contribution in [1.82, 2.24) is 20.1 Å². The van der Waals surface area contributed by atoms with Gasteiger partial charge in [-0.2, -0.15) is 0 Å². The topological polar surface area (TPSA) is 88.9 Å². The van der Waals surface area contributed by atoms with Gasteiger partial charge in [-0.1, -0.05) is 47.7 Å². The smallest absolute Gasteiger partial charge is 0.252 e. The molecule has 156 valence electrons. The fraction of sp³-hybridized carbons (Fsp3) is 0.273. The Kier molecular flexibility index (Phi) is 6.89. The minimum absolute atomic E-state index is 0.116. The van der Waals surface area contributed by atoms with Crippen LogP contribution in [0.2, 0.25) is 0 Å². The lowest BCUT2D eigenvalue weighted by atomic mass is 10.1. The fourth-order valence-electron chi connectivity index (χ4n) is 2.96. The first-order valence-corrected chi connectivity index (χ1v) is 10.6. The van der Waals surface area contributed by atoms with Crippen molar-refractivity contribution in [1.29, 1.82) is 0 Å². The van der Waals surface area contributed by atoms with Gasteiger partial charge in [0.15, 0.2) is 11.0 Å². The molecule has 0 fully saturated rings. The SMILES string of the molecule is Cc1ccc(NC(=O)CSc2nnc([C@H](C)NC(=O)c3ccccc3C)n2C)cc1. The summed E-state index contributed by atoms with van der Waals surface area (Å²) in [6.45, 7) is 5.76. The van der Waals surface area contributed by atoms with Crippen LogP contribution in [0.25, 0.3) is 0 Å². The lowest BCUT2D eigenvalue weighted by Crippen LogP contribution is -2.29. The number of carbonyl (C=O) groups excluding carboxylic acids is 2. The summed E-state index contributed by atoms with van der Waals surface area (Å²) in [5, 5.41) is 14.8. The van der Waals surface area contributed by atoms with Gasteiger partial charge in [-0.15, -0.1) is 10.2 Å². The number of hydrogen-bond donors (Lipinski definition) is 2. The molecular formula is C22H25N5O2S. The van der Waals surface area contributed by atoms with E-state index in [4.69, 9.17) is 0 Å². The van der Waals surface area contributed by atoms with E-state index in [-0.39, 0.29) is 23.6 Å². The fourth-order valence-corrected chi connectivity index (χ4v) is 3.68. The van der Waals surface area contributed by atoms with Crippen LogP contribution >= 0.6 is 11.8 Å². The molecule has 3 rings (SSSR count). The second kappa shape index (κ2) is 9.58. The van der Waals surface area contributed by atoms with Crippen molar-refractivity contribution in [3.8, 4) is 0 Å². The zero-order valence-electron chi connectivity index (χ0n) is 17.5. The zero-order valence-corrected chi connectivity index (χ0v) is 18.3. The molecule has 0 saturated carbocycles. The molecular weight excluding hydrogens is 398 g/mol. The number of thioether (sulfide) groups is 1. The van der Waals surface area contributed by atoms with E-state index in [1.54, 1.807) is 10.6 Å². The molecule has 1 atom stereocenters. The molecule has 8 heteroatoms. The molecule has 3 aromatic rings. The van der Waals surface area contributed by atoms with Crippen LogP contribution < -0.4 is 10.6 Å². The van der Waals surface area contributed by atoms with Crippen molar-refractivity contribution in [3.05, 3.63) is 71.0 Å². The van der Waals surface area contributed by atoms with E-state index in [2.05, 4.69) is 20.8 Å². The number of rotatable bonds is 7. The quantitative estimate of drug-likeness (QED) is 0.566. The maximum Gasteiger partial charge on any atom is 0.252 e. The monoisotopic (exact) mass is 423 g/mol. The standard InChI is InChI=1S/C22H25N5O2S/c1-14-9-11-17(12-10-14)24-19(28)13-30-22-26-25-20(27(22)4)16(3)23-21(29)18-8-6-5-7-15(18)2/h5-12,16H,13H2,1-4H3,(H,23,29)(H,24,28)/t16-/m0/s1. The van der Waals surface area contributed by atoms with Gasteiger partial charge in [0.2, 0.25) is 5.91 Å². The minimum atomic E-state index is -0.328. The number of carbonyl (C=O) groups is 2. The van der Waals surface area contributed by atoms with E-state index in [0.717, 1.165) is 16.8 Å². The van der Waals surface area contributed by atoms with E-state index >= 15 is 0 Å². The third-order valence-corrected chi connectivity index (χ3v) is 5.68. The molecule has 0 aliphatic rings. The molecule has 0 radical (unpaired) electrons. The lowest BCUT2D eigenvalue weighted by Gasteiger charge is -2.14. The Balaban J connectivity index is 1.58. The molecule has 1 heterocycles. The Morgan fingerprint density at radius 1 is 1.07 bits per heavy atom. The second-order valence-electron chi connectivity index (χ2n) is 7.11. The number of nitrogens with one attached hydrogen (secondary N) is 2. The average Bonchev–Trinajstić information content (AvgIpc) is 3.09. The van der Waals surface area contributed by atoms with Crippen LogP contribution in [-0.4, -0.2) is 32.3 Å². The van der Waals surface area contributed by atoms with Crippen molar-refractivity contribution >= 4 is 29.3 Å². The molecule has 1 aromatic heterocycles. The molecule has 2 aromatic carbocycles. The number of anilines is 1. The Hall–Kier alpha value is -3.13. The first-order chi connectivity index (χ1) is 14.3. The highest BCUT2D eigenvalue weighted by Gasteiger charge is 2.19. The summed E-state index contributed by atoms with van der Waals surface area (Å²) in [5.74, 6) is 0.562. The predicted molar refractivity (Wildman–Crippen MR) is 119 cm³/mol. The number of aromatic nitrogens is 3. The number of amides is 2. The van der Waals surface area contributed by atoms with Crippen LogP contribution in [0.5, 0.6) is 0 Å². The van der Waals surface area contributed by atoms with Gasteiger partial charge in [0, 0.05) is 18.3 Å². The third-order valence-electron chi connectivity index (χ3n) is 4.66. The van der Waals surface area contributed by atoms with Crippen molar-refractivity contribution in [3.63, 3.8) is 0 Å².